The van der Waals surface area contributed by atoms with Crippen LogP contribution in [0.3, 0.4) is 0 Å². The molecule has 2 rings (SSSR count). The molecule has 0 radical (unpaired) electrons. The van der Waals surface area contributed by atoms with Crippen LogP contribution in [0.4, 0.5) is 0 Å². The van der Waals surface area contributed by atoms with Crippen molar-refractivity contribution in [2.24, 2.45) is 5.92 Å². The third-order valence-electron chi connectivity index (χ3n) is 3.90. The van der Waals surface area contributed by atoms with E-state index in [9.17, 15) is 8.42 Å². The van der Waals surface area contributed by atoms with Gasteiger partial charge in [0, 0.05) is 45.7 Å². The second-order valence-electron chi connectivity index (χ2n) is 5.80. The van der Waals surface area contributed by atoms with Crippen LogP contribution in [-0.4, -0.2) is 55.4 Å². The molecule has 7 heteroatoms. The third-order valence-corrected chi connectivity index (χ3v) is 5.85. The van der Waals surface area contributed by atoms with Crippen molar-refractivity contribution >= 4 is 10.2 Å². The van der Waals surface area contributed by atoms with E-state index >= 15 is 0 Å². The number of methoxy groups -OCH3 is 1. The SMILES string of the molecule is COCCN(Cc1cccnc1)S(=O)(=O)N1CCCC(C)C1. The van der Waals surface area contributed by atoms with Crippen LogP contribution < -0.4 is 0 Å². The first kappa shape index (κ1) is 17.3. The zero-order valence-electron chi connectivity index (χ0n) is 13.3. The number of hydrogen-bond donors (Lipinski definition) is 0. The summed E-state index contributed by atoms with van der Waals surface area (Å²) in [5.41, 5.74) is 0.882. The molecule has 1 aliphatic heterocycles. The molecule has 6 nitrogen and oxygen atoms in total. The molecule has 2 heterocycles. The van der Waals surface area contributed by atoms with Gasteiger partial charge < -0.3 is 4.74 Å². The van der Waals surface area contributed by atoms with Gasteiger partial charge in [0.2, 0.25) is 0 Å². The Labute approximate surface area is 133 Å². The third kappa shape index (κ3) is 4.49. The summed E-state index contributed by atoms with van der Waals surface area (Å²) in [6, 6.07) is 3.71. The Kier molecular flexibility index (Phi) is 6.31. The maximum Gasteiger partial charge on any atom is 0.282 e. The Morgan fingerprint density at radius 1 is 1.50 bits per heavy atom. The molecule has 0 amide bonds. The summed E-state index contributed by atoms with van der Waals surface area (Å²) in [4.78, 5) is 4.06. The minimum absolute atomic E-state index is 0.324. The first-order chi connectivity index (χ1) is 10.5. The van der Waals surface area contributed by atoms with Crippen LogP contribution in [-0.2, 0) is 21.5 Å². The average molecular weight is 327 g/mol. The van der Waals surface area contributed by atoms with Crippen molar-refractivity contribution in [3.63, 3.8) is 0 Å². The zero-order chi connectivity index (χ0) is 16.0. The second-order valence-corrected chi connectivity index (χ2v) is 7.73. The van der Waals surface area contributed by atoms with Gasteiger partial charge in [-0.15, -0.1) is 0 Å². The number of pyridine rings is 1. The van der Waals surface area contributed by atoms with Gasteiger partial charge in [-0.05, 0) is 30.4 Å². The highest BCUT2D eigenvalue weighted by atomic mass is 32.2. The number of ether oxygens (including phenoxy) is 1. The minimum Gasteiger partial charge on any atom is -0.383 e. The van der Waals surface area contributed by atoms with Gasteiger partial charge in [0.05, 0.1) is 6.61 Å². The van der Waals surface area contributed by atoms with Crippen molar-refractivity contribution in [1.29, 1.82) is 0 Å². The van der Waals surface area contributed by atoms with Crippen molar-refractivity contribution in [2.45, 2.75) is 26.3 Å². The Bertz CT molecular complexity index is 550. The lowest BCUT2D eigenvalue weighted by molar-refractivity contribution is 0.171. The first-order valence-corrected chi connectivity index (χ1v) is 9.07. The van der Waals surface area contributed by atoms with Gasteiger partial charge in [0.15, 0.2) is 0 Å². The van der Waals surface area contributed by atoms with Crippen LogP contribution in [0.15, 0.2) is 24.5 Å². The normalized spacial score (nSPS) is 20.4. The quantitative estimate of drug-likeness (QED) is 0.761. The molecule has 0 bridgehead atoms. The lowest BCUT2D eigenvalue weighted by Gasteiger charge is -2.34. The molecular formula is C15H25N3O3S. The predicted octanol–water partition coefficient (Wildman–Crippen LogP) is 1.51. The summed E-state index contributed by atoms with van der Waals surface area (Å²) in [5, 5.41) is 0. The molecule has 1 aromatic heterocycles. The monoisotopic (exact) mass is 327 g/mol. The van der Waals surface area contributed by atoms with E-state index in [1.54, 1.807) is 23.8 Å². The number of nitrogens with zero attached hydrogens (tertiary/aromatic N) is 3. The molecule has 0 N–H and O–H groups in total. The fraction of sp³-hybridized carbons (Fsp3) is 0.667. The number of aromatic nitrogens is 1. The first-order valence-electron chi connectivity index (χ1n) is 7.67. The number of rotatable bonds is 7. The summed E-state index contributed by atoms with van der Waals surface area (Å²) in [7, 11) is -1.89. The predicted molar refractivity (Wildman–Crippen MR) is 85.4 cm³/mol. The zero-order valence-corrected chi connectivity index (χ0v) is 14.1. The van der Waals surface area contributed by atoms with Crippen molar-refractivity contribution in [1.82, 2.24) is 13.6 Å². The molecule has 0 aliphatic carbocycles. The van der Waals surface area contributed by atoms with Crippen LogP contribution in [0.1, 0.15) is 25.3 Å². The molecule has 1 aliphatic rings. The second kappa shape index (κ2) is 8.01. The molecule has 1 unspecified atom stereocenters. The molecule has 0 spiro atoms. The van der Waals surface area contributed by atoms with E-state index in [0.29, 0.717) is 38.7 Å². The smallest absolute Gasteiger partial charge is 0.282 e. The Morgan fingerprint density at radius 3 is 2.95 bits per heavy atom. The summed E-state index contributed by atoms with van der Waals surface area (Å²) < 4.78 is 34.0. The molecular weight excluding hydrogens is 302 g/mol. The van der Waals surface area contributed by atoms with Crippen LogP contribution in [0, 0.1) is 5.92 Å². The molecule has 0 saturated carbocycles. The summed E-state index contributed by atoms with van der Waals surface area (Å²) in [5.74, 6) is 0.409. The lowest BCUT2D eigenvalue weighted by Crippen LogP contribution is -2.48. The minimum atomic E-state index is -3.47. The van der Waals surface area contributed by atoms with Gasteiger partial charge in [-0.3, -0.25) is 4.98 Å². The van der Waals surface area contributed by atoms with Gasteiger partial charge in [-0.25, -0.2) is 0 Å². The van der Waals surface area contributed by atoms with E-state index in [4.69, 9.17) is 4.74 Å². The summed E-state index contributed by atoms with van der Waals surface area (Å²) in [6.45, 7) is 4.34. The maximum atomic E-state index is 12.9. The van der Waals surface area contributed by atoms with Crippen LogP contribution >= 0.6 is 0 Å². The van der Waals surface area contributed by atoms with Crippen molar-refractivity contribution in [3.05, 3.63) is 30.1 Å². The Balaban J connectivity index is 2.15. The van der Waals surface area contributed by atoms with Crippen LogP contribution in [0.25, 0.3) is 0 Å². The molecule has 1 atom stereocenters. The Hall–Kier alpha value is -1.02. The highest BCUT2D eigenvalue weighted by Gasteiger charge is 2.32. The highest BCUT2D eigenvalue weighted by molar-refractivity contribution is 7.86. The van der Waals surface area contributed by atoms with E-state index in [1.807, 2.05) is 12.1 Å². The molecule has 124 valence electrons. The molecule has 0 aromatic carbocycles. The van der Waals surface area contributed by atoms with Gasteiger partial charge >= 0.3 is 0 Å². The largest absolute Gasteiger partial charge is 0.383 e. The van der Waals surface area contributed by atoms with Crippen LogP contribution in [0.2, 0.25) is 0 Å². The fourth-order valence-electron chi connectivity index (χ4n) is 2.68. The van der Waals surface area contributed by atoms with Crippen molar-refractivity contribution in [3.8, 4) is 0 Å². The summed E-state index contributed by atoms with van der Waals surface area (Å²) in [6.07, 6.45) is 5.40. The van der Waals surface area contributed by atoms with Crippen LogP contribution in [0.5, 0.6) is 0 Å². The van der Waals surface area contributed by atoms with Gasteiger partial charge in [-0.2, -0.15) is 17.0 Å². The van der Waals surface area contributed by atoms with E-state index in [1.165, 1.54) is 4.31 Å². The fourth-order valence-corrected chi connectivity index (χ4v) is 4.43. The van der Waals surface area contributed by atoms with E-state index in [2.05, 4.69) is 11.9 Å². The number of piperidine rings is 1. The Morgan fingerprint density at radius 2 is 2.32 bits per heavy atom. The van der Waals surface area contributed by atoms with Crippen molar-refractivity contribution in [2.75, 3.05) is 33.4 Å². The van der Waals surface area contributed by atoms with Crippen molar-refractivity contribution < 1.29 is 13.2 Å². The highest BCUT2D eigenvalue weighted by Crippen LogP contribution is 2.21. The lowest BCUT2D eigenvalue weighted by atomic mass is 10.0. The molecule has 1 aromatic rings. The van der Waals surface area contributed by atoms with E-state index < -0.39 is 10.2 Å². The maximum absolute atomic E-state index is 12.9. The molecule has 22 heavy (non-hydrogen) atoms. The van der Waals surface area contributed by atoms with E-state index in [-0.39, 0.29) is 0 Å². The van der Waals surface area contributed by atoms with Gasteiger partial charge in [0.25, 0.3) is 10.2 Å². The average Bonchev–Trinajstić information content (AvgIpc) is 2.52. The molecule has 1 fully saturated rings. The van der Waals surface area contributed by atoms with Gasteiger partial charge in [0.1, 0.15) is 0 Å². The van der Waals surface area contributed by atoms with E-state index in [0.717, 1.165) is 18.4 Å². The van der Waals surface area contributed by atoms with Gasteiger partial charge in [-0.1, -0.05) is 13.0 Å². The topological polar surface area (TPSA) is 62.7 Å². The molecule has 1 saturated heterocycles. The summed E-state index contributed by atoms with van der Waals surface area (Å²) >= 11 is 0. The standard InChI is InChI=1S/C15H25N3O3S/c1-14-5-4-8-17(12-14)22(19,20)18(9-10-21-2)13-15-6-3-7-16-11-15/h3,6-7,11,14H,4-5,8-10,12-13H2,1-2H3. The number of hydrogen-bond acceptors (Lipinski definition) is 4.